The zero-order valence-electron chi connectivity index (χ0n) is 14.1. The highest BCUT2D eigenvalue weighted by atomic mass is 32.1. The average Bonchev–Trinajstić information content (AvgIpc) is 3.10. The smallest absolute Gasteiger partial charge is 0.271 e. The van der Waals surface area contributed by atoms with Crippen molar-refractivity contribution in [2.75, 3.05) is 0 Å². The molecule has 0 amide bonds. The Morgan fingerprint density at radius 3 is 2.41 bits per heavy atom. The minimum atomic E-state index is -0.409. The first-order valence-electron chi connectivity index (χ1n) is 8.23. The Morgan fingerprint density at radius 1 is 0.926 bits per heavy atom. The molecule has 0 unspecified atom stereocenters. The summed E-state index contributed by atoms with van der Waals surface area (Å²) in [6.07, 6.45) is 3.86. The van der Waals surface area contributed by atoms with Gasteiger partial charge in [-0.3, -0.25) is 10.1 Å². The maximum Gasteiger partial charge on any atom is 0.271 e. The summed E-state index contributed by atoms with van der Waals surface area (Å²) in [4.78, 5) is 14.9. The molecule has 0 saturated heterocycles. The standard InChI is InChI=1S/C21H14N2O3S/c24-23(25)16-9-12-20-19(14-16)22-21(27-20)13-8-15-6-10-18(11-7-15)26-17-4-2-1-3-5-17/h1-14H. The molecule has 3 aromatic carbocycles. The zero-order chi connectivity index (χ0) is 18.6. The number of thiazole rings is 1. The second kappa shape index (κ2) is 7.39. The molecule has 4 rings (SSSR count). The lowest BCUT2D eigenvalue weighted by atomic mass is 10.2. The third kappa shape index (κ3) is 4.02. The zero-order valence-corrected chi connectivity index (χ0v) is 14.9. The monoisotopic (exact) mass is 374 g/mol. The predicted molar refractivity (Wildman–Crippen MR) is 108 cm³/mol. The second-order valence-electron chi connectivity index (χ2n) is 5.78. The van der Waals surface area contributed by atoms with Gasteiger partial charge in [-0.05, 0) is 42.0 Å². The van der Waals surface area contributed by atoms with Crippen molar-refractivity contribution in [3.63, 3.8) is 0 Å². The lowest BCUT2D eigenvalue weighted by Gasteiger charge is -2.05. The van der Waals surface area contributed by atoms with Crippen LogP contribution in [0, 0.1) is 10.1 Å². The summed E-state index contributed by atoms with van der Waals surface area (Å²) in [7, 11) is 0. The topological polar surface area (TPSA) is 65.3 Å². The van der Waals surface area contributed by atoms with E-state index in [4.69, 9.17) is 4.74 Å². The lowest BCUT2D eigenvalue weighted by molar-refractivity contribution is -0.384. The third-order valence-corrected chi connectivity index (χ3v) is 4.88. The Balaban J connectivity index is 1.49. The van der Waals surface area contributed by atoms with Crippen LogP contribution < -0.4 is 4.74 Å². The number of hydrogen-bond acceptors (Lipinski definition) is 5. The molecule has 0 saturated carbocycles. The molecule has 0 atom stereocenters. The molecule has 0 aliphatic rings. The quantitative estimate of drug-likeness (QED) is 0.310. The predicted octanol–water partition coefficient (Wildman–Crippen LogP) is 6.17. The third-order valence-electron chi connectivity index (χ3n) is 3.88. The van der Waals surface area contributed by atoms with Crippen molar-refractivity contribution in [1.82, 2.24) is 4.98 Å². The van der Waals surface area contributed by atoms with E-state index >= 15 is 0 Å². The van der Waals surface area contributed by atoms with Crippen molar-refractivity contribution < 1.29 is 9.66 Å². The van der Waals surface area contributed by atoms with Gasteiger partial charge in [-0.1, -0.05) is 36.4 Å². The molecule has 6 heteroatoms. The Kier molecular flexibility index (Phi) is 4.63. The van der Waals surface area contributed by atoms with E-state index in [2.05, 4.69) is 4.98 Å². The van der Waals surface area contributed by atoms with Gasteiger partial charge in [0.05, 0.1) is 15.1 Å². The highest BCUT2D eigenvalue weighted by Crippen LogP contribution is 2.27. The molecule has 132 valence electrons. The molecule has 0 N–H and O–H groups in total. The first-order chi connectivity index (χ1) is 13.2. The molecule has 1 heterocycles. The molecule has 4 aromatic rings. The maximum atomic E-state index is 10.9. The highest BCUT2D eigenvalue weighted by molar-refractivity contribution is 7.19. The molecule has 0 aliphatic heterocycles. The van der Waals surface area contributed by atoms with Gasteiger partial charge in [0, 0.05) is 12.1 Å². The van der Waals surface area contributed by atoms with Crippen LogP contribution >= 0.6 is 11.3 Å². The summed E-state index contributed by atoms with van der Waals surface area (Å²) in [5.74, 6) is 1.56. The largest absolute Gasteiger partial charge is 0.457 e. The van der Waals surface area contributed by atoms with Gasteiger partial charge < -0.3 is 4.74 Å². The van der Waals surface area contributed by atoms with E-state index in [1.54, 1.807) is 6.07 Å². The number of aromatic nitrogens is 1. The number of para-hydroxylation sites is 1. The van der Waals surface area contributed by atoms with Crippen molar-refractivity contribution in [1.29, 1.82) is 0 Å². The highest BCUT2D eigenvalue weighted by Gasteiger charge is 2.09. The average molecular weight is 374 g/mol. The number of ether oxygens (including phenoxy) is 1. The summed E-state index contributed by atoms with van der Waals surface area (Å²) >= 11 is 1.50. The van der Waals surface area contributed by atoms with Crippen LogP contribution in [0.5, 0.6) is 11.5 Å². The normalized spacial score (nSPS) is 11.1. The number of hydrogen-bond donors (Lipinski definition) is 0. The van der Waals surface area contributed by atoms with Crippen molar-refractivity contribution in [2.24, 2.45) is 0 Å². The van der Waals surface area contributed by atoms with Gasteiger partial charge in [-0.25, -0.2) is 4.98 Å². The van der Waals surface area contributed by atoms with E-state index in [-0.39, 0.29) is 5.69 Å². The molecule has 0 spiro atoms. The van der Waals surface area contributed by atoms with Gasteiger partial charge in [-0.2, -0.15) is 0 Å². The van der Waals surface area contributed by atoms with Gasteiger partial charge in [0.15, 0.2) is 0 Å². The van der Waals surface area contributed by atoms with Crippen molar-refractivity contribution in [3.8, 4) is 11.5 Å². The first kappa shape index (κ1) is 16.9. The van der Waals surface area contributed by atoms with Crippen LogP contribution in [0.2, 0.25) is 0 Å². The summed E-state index contributed by atoms with van der Waals surface area (Å²) in [6.45, 7) is 0. The fourth-order valence-electron chi connectivity index (χ4n) is 2.56. The number of benzene rings is 3. The SMILES string of the molecule is O=[N+]([O-])c1ccc2sc(C=Cc3ccc(Oc4ccccc4)cc3)nc2c1. The maximum absolute atomic E-state index is 10.9. The molecule has 27 heavy (non-hydrogen) atoms. The van der Waals surface area contributed by atoms with Crippen LogP contribution in [0.1, 0.15) is 10.6 Å². The molecular weight excluding hydrogens is 360 g/mol. The Hall–Kier alpha value is -3.51. The van der Waals surface area contributed by atoms with E-state index in [9.17, 15) is 10.1 Å². The van der Waals surface area contributed by atoms with E-state index in [0.717, 1.165) is 26.8 Å². The van der Waals surface area contributed by atoms with E-state index in [1.807, 2.05) is 66.7 Å². The first-order valence-corrected chi connectivity index (χ1v) is 9.05. The number of rotatable bonds is 5. The van der Waals surface area contributed by atoms with Crippen LogP contribution in [0.4, 0.5) is 5.69 Å². The number of nitro groups is 1. The summed E-state index contributed by atoms with van der Waals surface area (Å²) in [5, 5.41) is 11.7. The minimum Gasteiger partial charge on any atom is -0.457 e. The Labute approximate surface area is 159 Å². The second-order valence-corrected chi connectivity index (χ2v) is 6.84. The molecule has 0 aliphatic carbocycles. The number of nitrogens with zero attached hydrogens (tertiary/aromatic N) is 2. The molecule has 0 radical (unpaired) electrons. The molecular formula is C21H14N2O3S. The molecule has 0 fully saturated rings. The summed E-state index contributed by atoms with van der Waals surface area (Å²) in [6, 6.07) is 22.1. The van der Waals surface area contributed by atoms with Gasteiger partial charge in [0.2, 0.25) is 0 Å². The Morgan fingerprint density at radius 2 is 1.67 bits per heavy atom. The van der Waals surface area contributed by atoms with E-state index < -0.39 is 4.92 Å². The van der Waals surface area contributed by atoms with Crippen LogP contribution in [-0.2, 0) is 0 Å². The fourth-order valence-corrected chi connectivity index (χ4v) is 3.41. The van der Waals surface area contributed by atoms with Crippen LogP contribution in [0.15, 0.2) is 72.8 Å². The minimum absolute atomic E-state index is 0.0531. The lowest BCUT2D eigenvalue weighted by Crippen LogP contribution is -1.86. The van der Waals surface area contributed by atoms with Crippen LogP contribution in [-0.4, -0.2) is 9.91 Å². The molecule has 5 nitrogen and oxygen atoms in total. The number of non-ortho nitro benzene ring substituents is 1. The van der Waals surface area contributed by atoms with Crippen molar-refractivity contribution in [3.05, 3.63) is 93.5 Å². The van der Waals surface area contributed by atoms with Crippen LogP contribution in [0.25, 0.3) is 22.4 Å². The fraction of sp³-hybridized carbons (Fsp3) is 0. The molecule has 1 aromatic heterocycles. The summed E-state index contributed by atoms with van der Waals surface area (Å²) < 4.78 is 6.70. The molecule has 0 bridgehead atoms. The van der Waals surface area contributed by atoms with Gasteiger partial charge in [-0.15, -0.1) is 11.3 Å². The summed E-state index contributed by atoms with van der Waals surface area (Å²) in [5.41, 5.74) is 1.71. The van der Waals surface area contributed by atoms with Gasteiger partial charge >= 0.3 is 0 Å². The van der Waals surface area contributed by atoms with E-state index in [0.29, 0.717) is 5.52 Å². The van der Waals surface area contributed by atoms with E-state index in [1.165, 1.54) is 23.5 Å². The Bertz CT molecular complexity index is 1120. The number of fused-ring (bicyclic) bond motifs is 1. The van der Waals surface area contributed by atoms with Gasteiger partial charge in [0.1, 0.15) is 16.5 Å². The number of nitro benzene ring substituents is 1. The van der Waals surface area contributed by atoms with Crippen LogP contribution in [0.3, 0.4) is 0 Å². The van der Waals surface area contributed by atoms with Gasteiger partial charge in [0.25, 0.3) is 5.69 Å². The van der Waals surface area contributed by atoms with Crippen molar-refractivity contribution >= 4 is 39.4 Å². The van der Waals surface area contributed by atoms with Crippen molar-refractivity contribution in [2.45, 2.75) is 0 Å².